The maximum atomic E-state index is 12.9. The predicted molar refractivity (Wildman–Crippen MR) is 101 cm³/mol. The SMILES string of the molecule is Cc1ccc(Cl)cc1NC(=O)CCN1C(=O)[C@@H]2[C@H]3C=C[C@@H]([C@@H]4C[C@@H]34)[C@H]2C1=O. The normalized spacial score (nSPS) is 35.3. The van der Waals surface area contributed by atoms with E-state index in [4.69, 9.17) is 11.6 Å². The second-order valence-corrected chi connectivity index (χ2v) is 8.68. The fourth-order valence-corrected chi connectivity index (χ4v) is 5.57. The lowest BCUT2D eigenvalue weighted by Gasteiger charge is -2.37. The first-order valence-electron chi connectivity index (χ1n) is 9.55. The van der Waals surface area contributed by atoms with Crippen LogP contribution < -0.4 is 5.32 Å². The molecule has 0 unspecified atom stereocenters. The molecule has 27 heavy (non-hydrogen) atoms. The minimum atomic E-state index is -0.222. The lowest BCUT2D eigenvalue weighted by atomic mass is 9.63. The standard InChI is InChI=1S/C21H21ClN2O3/c1-10-2-3-11(22)8-16(10)23-17(25)6-7-24-20(26)18-12-4-5-13(15-9-14(12)15)19(18)21(24)27/h2-5,8,12-15,18-19H,6-7,9H2,1H3,(H,23,25)/t12-,13-,14-,15-,18+,19+/m0/s1. The zero-order valence-corrected chi connectivity index (χ0v) is 15.8. The van der Waals surface area contributed by atoms with E-state index in [0.29, 0.717) is 22.5 Å². The highest BCUT2D eigenvalue weighted by atomic mass is 35.5. The number of hydrogen-bond acceptors (Lipinski definition) is 3. The third kappa shape index (κ3) is 2.55. The van der Waals surface area contributed by atoms with Crippen molar-refractivity contribution in [2.75, 3.05) is 11.9 Å². The molecule has 0 spiro atoms. The molecule has 1 heterocycles. The van der Waals surface area contributed by atoms with E-state index in [-0.39, 0.29) is 54.4 Å². The molecular weight excluding hydrogens is 364 g/mol. The number of allylic oxidation sites excluding steroid dienone is 2. The number of anilines is 1. The monoisotopic (exact) mass is 384 g/mol. The molecule has 3 amide bonds. The van der Waals surface area contributed by atoms with Crippen molar-refractivity contribution < 1.29 is 14.4 Å². The first-order chi connectivity index (χ1) is 13.0. The van der Waals surface area contributed by atoms with E-state index >= 15 is 0 Å². The Kier molecular flexibility index (Phi) is 3.73. The maximum Gasteiger partial charge on any atom is 0.233 e. The molecule has 140 valence electrons. The molecule has 5 nitrogen and oxygen atoms in total. The Morgan fingerprint density at radius 3 is 2.41 bits per heavy atom. The number of halogens is 1. The van der Waals surface area contributed by atoms with Gasteiger partial charge in [0.05, 0.1) is 11.8 Å². The number of likely N-dealkylation sites (tertiary alicyclic amines) is 1. The van der Waals surface area contributed by atoms with Crippen LogP contribution in [0.3, 0.4) is 0 Å². The summed E-state index contributed by atoms with van der Waals surface area (Å²) in [5.41, 5.74) is 1.57. The smallest absolute Gasteiger partial charge is 0.233 e. The zero-order valence-electron chi connectivity index (χ0n) is 15.0. The minimum absolute atomic E-state index is 0.0820. The number of hydrogen-bond donors (Lipinski definition) is 1. The average molecular weight is 385 g/mol. The number of rotatable bonds is 4. The number of carbonyl (C=O) groups is 3. The van der Waals surface area contributed by atoms with Gasteiger partial charge in [-0.05, 0) is 54.7 Å². The predicted octanol–water partition coefficient (Wildman–Crippen LogP) is 3.03. The Morgan fingerprint density at radius 2 is 1.78 bits per heavy atom. The van der Waals surface area contributed by atoms with E-state index in [1.807, 2.05) is 13.0 Å². The Bertz CT molecular complexity index is 859. The highest BCUT2D eigenvalue weighted by Crippen LogP contribution is 2.65. The van der Waals surface area contributed by atoms with Crippen LogP contribution in [0.1, 0.15) is 18.4 Å². The molecule has 2 saturated carbocycles. The summed E-state index contributed by atoms with van der Waals surface area (Å²) in [6.45, 7) is 2.03. The molecule has 1 aromatic rings. The van der Waals surface area contributed by atoms with Crippen LogP contribution in [0.15, 0.2) is 30.4 Å². The maximum absolute atomic E-state index is 12.9. The van der Waals surface area contributed by atoms with Gasteiger partial charge in [0.1, 0.15) is 0 Å². The van der Waals surface area contributed by atoms with Gasteiger partial charge in [0.25, 0.3) is 0 Å². The molecule has 2 bridgehead atoms. The van der Waals surface area contributed by atoms with Crippen LogP contribution in [0.25, 0.3) is 0 Å². The van der Waals surface area contributed by atoms with E-state index in [2.05, 4.69) is 17.5 Å². The van der Waals surface area contributed by atoms with Crippen LogP contribution in [-0.4, -0.2) is 29.2 Å². The molecule has 6 rings (SSSR count). The summed E-state index contributed by atoms with van der Waals surface area (Å²) >= 11 is 5.98. The van der Waals surface area contributed by atoms with Crippen molar-refractivity contribution >= 4 is 35.0 Å². The highest BCUT2D eigenvalue weighted by molar-refractivity contribution is 6.31. The minimum Gasteiger partial charge on any atom is -0.326 e. The quantitative estimate of drug-likeness (QED) is 0.641. The molecule has 3 fully saturated rings. The van der Waals surface area contributed by atoms with E-state index in [0.717, 1.165) is 12.0 Å². The second-order valence-electron chi connectivity index (χ2n) is 8.24. The van der Waals surface area contributed by atoms with Gasteiger partial charge in [0.2, 0.25) is 17.7 Å². The summed E-state index contributed by atoms with van der Waals surface area (Å²) in [6.07, 6.45) is 5.56. The Hall–Kier alpha value is -2.14. The van der Waals surface area contributed by atoms with E-state index in [1.54, 1.807) is 12.1 Å². The fraction of sp³-hybridized carbons (Fsp3) is 0.476. The molecule has 0 radical (unpaired) electrons. The van der Waals surface area contributed by atoms with Gasteiger partial charge < -0.3 is 5.32 Å². The van der Waals surface area contributed by atoms with Crippen LogP contribution in [0.5, 0.6) is 0 Å². The third-order valence-corrected chi connectivity index (χ3v) is 7.03. The molecule has 4 aliphatic carbocycles. The number of nitrogens with one attached hydrogen (secondary N) is 1. The van der Waals surface area contributed by atoms with Crippen molar-refractivity contribution in [3.05, 3.63) is 40.9 Å². The second kappa shape index (κ2) is 5.93. The van der Waals surface area contributed by atoms with Crippen molar-refractivity contribution in [2.24, 2.45) is 35.5 Å². The van der Waals surface area contributed by atoms with E-state index in [9.17, 15) is 14.4 Å². The Morgan fingerprint density at radius 1 is 1.15 bits per heavy atom. The fourth-order valence-electron chi connectivity index (χ4n) is 5.39. The van der Waals surface area contributed by atoms with Gasteiger partial charge in [-0.15, -0.1) is 0 Å². The highest BCUT2D eigenvalue weighted by Gasteiger charge is 2.66. The van der Waals surface area contributed by atoms with Crippen molar-refractivity contribution in [2.45, 2.75) is 19.8 Å². The molecule has 5 aliphatic rings. The molecule has 0 aromatic heterocycles. The van der Waals surface area contributed by atoms with Crippen molar-refractivity contribution in [1.29, 1.82) is 0 Å². The lowest BCUT2D eigenvalue weighted by molar-refractivity contribution is -0.140. The molecule has 1 aromatic carbocycles. The zero-order chi connectivity index (χ0) is 18.9. The van der Waals surface area contributed by atoms with Gasteiger partial charge in [0, 0.05) is 23.7 Å². The van der Waals surface area contributed by atoms with Crippen LogP contribution in [0.2, 0.25) is 5.02 Å². The summed E-state index contributed by atoms with van der Waals surface area (Å²) in [6, 6.07) is 5.30. The number of carbonyl (C=O) groups excluding carboxylic acids is 3. The van der Waals surface area contributed by atoms with Crippen LogP contribution in [0, 0.1) is 42.4 Å². The summed E-state index contributed by atoms with van der Waals surface area (Å²) < 4.78 is 0. The average Bonchev–Trinajstić information content (AvgIpc) is 3.42. The Balaban J connectivity index is 1.26. The van der Waals surface area contributed by atoms with Crippen molar-refractivity contribution in [3.63, 3.8) is 0 Å². The first-order valence-corrected chi connectivity index (χ1v) is 9.93. The molecule has 6 atom stereocenters. The molecular formula is C21H21ClN2O3. The van der Waals surface area contributed by atoms with Crippen LogP contribution in [0.4, 0.5) is 5.69 Å². The topological polar surface area (TPSA) is 66.5 Å². The molecule has 1 saturated heterocycles. The van der Waals surface area contributed by atoms with Gasteiger partial charge in [-0.25, -0.2) is 0 Å². The van der Waals surface area contributed by atoms with Gasteiger partial charge in [-0.3, -0.25) is 19.3 Å². The van der Waals surface area contributed by atoms with Crippen LogP contribution >= 0.6 is 11.6 Å². The number of benzene rings is 1. The van der Waals surface area contributed by atoms with Gasteiger partial charge in [-0.1, -0.05) is 29.8 Å². The summed E-state index contributed by atoms with van der Waals surface area (Å²) in [7, 11) is 0. The van der Waals surface area contributed by atoms with Crippen LogP contribution in [-0.2, 0) is 14.4 Å². The number of aryl methyl sites for hydroxylation is 1. The van der Waals surface area contributed by atoms with E-state index < -0.39 is 0 Å². The Labute approximate surface area is 162 Å². The van der Waals surface area contributed by atoms with Crippen molar-refractivity contribution in [3.8, 4) is 0 Å². The number of nitrogens with zero attached hydrogens (tertiary/aromatic N) is 1. The number of imide groups is 1. The van der Waals surface area contributed by atoms with Gasteiger partial charge in [0.15, 0.2) is 0 Å². The molecule has 1 N–H and O–H groups in total. The largest absolute Gasteiger partial charge is 0.326 e. The summed E-state index contributed by atoms with van der Waals surface area (Å²) in [5, 5.41) is 3.37. The lowest BCUT2D eigenvalue weighted by Crippen LogP contribution is -2.40. The summed E-state index contributed by atoms with van der Waals surface area (Å²) in [4.78, 5) is 39.5. The molecule has 6 heteroatoms. The first kappa shape index (κ1) is 17.0. The van der Waals surface area contributed by atoms with Crippen molar-refractivity contribution in [1.82, 2.24) is 4.90 Å². The number of amides is 3. The van der Waals surface area contributed by atoms with E-state index in [1.165, 1.54) is 4.90 Å². The van der Waals surface area contributed by atoms with Gasteiger partial charge >= 0.3 is 0 Å². The van der Waals surface area contributed by atoms with Gasteiger partial charge in [-0.2, -0.15) is 0 Å². The molecule has 1 aliphatic heterocycles. The summed E-state index contributed by atoms with van der Waals surface area (Å²) in [5.74, 6) is 0.828. The third-order valence-electron chi connectivity index (χ3n) is 6.79.